The zero-order chi connectivity index (χ0) is 20.4. The third-order valence-electron chi connectivity index (χ3n) is 6.52. The highest BCUT2D eigenvalue weighted by Gasteiger charge is 2.64. The molecule has 8 heteroatoms. The van der Waals surface area contributed by atoms with E-state index in [-0.39, 0.29) is 17.4 Å². The Morgan fingerprint density at radius 1 is 1.24 bits per heavy atom. The molecule has 1 saturated heterocycles. The lowest BCUT2D eigenvalue weighted by atomic mass is 9.93. The van der Waals surface area contributed by atoms with Gasteiger partial charge in [0, 0.05) is 30.8 Å². The van der Waals surface area contributed by atoms with Crippen molar-refractivity contribution in [2.45, 2.75) is 50.2 Å². The van der Waals surface area contributed by atoms with Gasteiger partial charge in [-0.15, -0.1) is 11.3 Å². The Bertz CT molecular complexity index is 937. The van der Waals surface area contributed by atoms with Crippen molar-refractivity contribution in [3.63, 3.8) is 0 Å². The Morgan fingerprint density at radius 2 is 1.93 bits per heavy atom. The molecule has 2 saturated carbocycles. The van der Waals surface area contributed by atoms with Crippen molar-refractivity contribution in [2.75, 3.05) is 18.0 Å². The largest absolute Gasteiger partial charge is 0.434 e. The number of nitrogens with zero attached hydrogens (tertiary/aromatic N) is 2. The molecule has 2 aliphatic carbocycles. The molecule has 1 aliphatic heterocycles. The van der Waals surface area contributed by atoms with E-state index in [4.69, 9.17) is 0 Å². The summed E-state index contributed by atoms with van der Waals surface area (Å²) in [5.41, 5.74) is 1.65. The van der Waals surface area contributed by atoms with Crippen molar-refractivity contribution in [1.82, 2.24) is 10.3 Å². The second-order valence-corrected chi connectivity index (χ2v) is 9.41. The Kier molecular flexibility index (Phi) is 4.21. The van der Waals surface area contributed by atoms with E-state index in [2.05, 4.69) is 34.6 Å². The predicted octanol–water partition coefficient (Wildman–Crippen LogP) is 4.54. The standard InChI is InChI=1S/C21H22F3N3OS/c1-12(28)25-17-9-27(19-26-18(10-29-19)21(22,23)24)11-20(17)8-16(20)15-6-4-14(5-7-15)13-2-3-13/h4-7,10,13,16-17H,2-3,8-9,11H2,1H3,(H,25,28)/t16-,17+,20+/m1/s1. The van der Waals surface area contributed by atoms with Crippen LogP contribution in [-0.2, 0) is 11.0 Å². The van der Waals surface area contributed by atoms with Crippen molar-refractivity contribution in [3.8, 4) is 0 Å². The zero-order valence-corrected chi connectivity index (χ0v) is 16.8. The van der Waals surface area contributed by atoms with Crippen molar-refractivity contribution < 1.29 is 18.0 Å². The lowest BCUT2D eigenvalue weighted by Gasteiger charge is -2.19. The molecule has 0 radical (unpaired) electrons. The molecule has 4 nitrogen and oxygen atoms in total. The molecule has 5 rings (SSSR count). The fourth-order valence-corrected chi connectivity index (χ4v) is 5.64. The summed E-state index contributed by atoms with van der Waals surface area (Å²) < 4.78 is 38.8. The van der Waals surface area contributed by atoms with Crippen LogP contribution in [0.2, 0.25) is 0 Å². The van der Waals surface area contributed by atoms with Crippen molar-refractivity contribution in [1.29, 1.82) is 0 Å². The highest BCUT2D eigenvalue weighted by Crippen LogP contribution is 2.64. The number of aromatic nitrogens is 1. The lowest BCUT2D eigenvalue weighted by molar-refractivity contribution is -0.140. The first kappa shape index (κ1) is 18.9. The number of carbonyl (C=O) groups is 1. The smallest absolute Gasteiger partial charge is 0.351 e. The minimum atomic E-state index is -4.44. The molecule has 1 spiro atoms. The number of anilines is 1. The van der Waals surface area contributed by atoms with E-state index in [1.807, 2.05) is 4.90 Å². The normalized spacial score (nSPS) is 28.8. The number of benzene rings is 1. The molecule has 0 bridgehead atoms. The summed E-state index contributed by atoms with van der Waals surface area (Å²) in [7, 11) is 0. The number of alkyl halides is 3. The van der Waals surface area contributed by atoms with Gasteiger partial charge in [-0.25, -0.2) is 4.98 Å². The SMILES string of the molecule is CC(=O)N[C@H]1CN(c2nc(C(F)(F)F)cs2)C[C@]12C[C@@H]2c1ccc(C2CC2)cc1. The van der Waals surface area contributed by atoms with Gasteiger partial charge >= 0.3 is 6.18 Å². The van der Waals surface area contributed by atoms with Crippen LogP contribution in [0.25, 0.3) is 0 Å². The maximum Gasteiger partial charge on any atom is 0.434 e. The minimum absolute atomic E-state index is 0.0913. The van der Waals surface area contributed by atoms with E-state index in [0.29, 0.717) is 30.1 Å². The minimum Gasteiger partial charge on any atom is -0.351 e. The summed E-state index contributed by atoms with van der Waals surface area (Å²) in [6.07, 6.45) is -0.983. The van der Waals surface area contributed by atoms with Gasteiger partial charge in [0.15, 0.2) is 10.8 Å². The lowest BCUT2D eigenvalue weighted by Crippen LogP contribution is -2.40. The first-order chi connectivity index (χ1) is 13.8. The zero-order valence-electron chi connectivity index (χ0n) is 16.0. The number of hydrogen-bond donors (Lipinski definition) is 1. The van der Waals surface area contributed by atoms with Crippen LogP contribution in [0, 0.1) is 5.41 Å². The molecule has 3 atom stereocenters. The van der Waals surface area contributed by atoms with Crippen LogP contribution in [0.1, 0.15) is 54.8 Å². The Balaban J connectivity index is 1.38. The van der Waals surface area contributed by atoms with E-state index >= 15 is 0 Å². The van der Waals surface area contributed by atoms with Gasteiger partial charge < -0.3 is 10.2 Å². The summed E-state index contributed by atoms with van der Waals surface area (Å²) in [6.45, 7) is 2.59. The number of rotatable bonds is 4. The summed E-state index contributed by atoms with van der Waals surface area (Å²) >= 11 is 1.01. The van der Waals surface area contributed by atoms with Crippen LogP contribution in [0.4, 0.5) is 18.3 Å². The van der Waals surface area contributed by atoms with E-state index in [9.17, 15) is 18.0 Å². The topological polar surface area (TPSA) is 45.2 Å². The number of thiazole rings is 1. The summed E-state index contributed by atoms with van der Waals surface area (Å²) in [5, 5.41) is 4.48. The Labute approximate surface area is 171 Å². The van der Waals surface area contributed by atoms with Gasteiger partial charge in [-0.1, -0.05) is 24.3 Å². The van der Waals surface area contributed by atoms with Gasteiger partial charge in [-0.05, 0) is 42.2 Å². The van der Waals surface area contributed by atoms with Crippen molar-refractivity contribution >= 4 is 22.4 Å². The first-order valence-corrected chi connectivity index (χ1v) is 10.8. The number of carbonyl (C=O) groups excluding carboxylic acids is 1. The first-order valence-electron chi connectivity index (χ1n) is 9.91. The molecule has 3 aliphatic rings. The molecule has 2 heterocycles. The molecule has 1 aromatic carbocycles. The fourth-order valence-electron chi connectivity index (χ4n) is 4.80. The van der Waals surface area contributed by atoms with E-state index in [0.717, 1.165) is 23.1 Å². The molecule has 1 aromatic heterocycles. The van der Waals surface area contributed by atoms with Crippen molar-refractivity contribution in [3.05, 3.63) is 46.5 Å². The maximum absolute atomic E-state index is 12.9. The summed E-state index contributed by atoms with van der Waals surface area (Å²) in [4.78, 5) is 17.5. The third-order valence-corrected chi connectivity index (χ3v) is 7.42. The van der Waals surface area contributed by atoms with Gasteiger partial charge in [0.2, 0.25) is 5.91 Å². The molecular weight excluding hydrogens is 399 g/mol. The average molecular weight is 421 g/mol. The van der Waals surface area contributed by atoms with Crippen molar-refractivity contribution in [2.24, 2.45) is 5.41 Å². The molecule has 2 aromatic rings. The quantitative estimate of drug-likeness (QED) is 0.789. The van der Waals surface area contributed by atoms with Gasteiger partial charge in [0.1, 0.15) is 0 Å². The number of amides is 1. The van der Waals surface area contributed by atoms with Gasteiger partial charge in [0.05, 0.1) is 6.04 Å². The Morgan fingerprint density at radius 3 is 2.52 bits per heavy atom. The molecule has 1 N–H and O–H groups in total. The van der Waals surface area contributed by atoms with Crippen LogP contribution in [0.5, 0.6) is 0 Å². The van der Waals surface area contributed by atoms with Crippen LogP contribution in [0.15, 0.2) is 29.6 Å². The second kappa shape index (κ2) is 6.45. The van der Waals surface area contributed by atoms with Crippen LogP contribution in [0.3, 0.4) is 0 Å². The van der Waals surface area contributed by atoms with Crippen LogP contribution >= 0.6 is 11.3 Å². The monoisotopic (exact) mass is 421 g/mol. The molecule has 0 unspecified atom stereocenters. The third kappa shape index (κ3) is 3.41. The molecular formula is C21H22F3N3OS. The maximum atomic E-state index is 12.9. The van der Waals surface area contributed by atoms with Gasteiger partial charge in [-0.3, -0.25) is 4.79 Å². The fraction of sp³-hybridized carbons (Fsp3) is 0.524. The Hall–Kier alpha value is -2.09. The van der Waals surface area contributed by atoms with Crippen LogP contribution in [-0.4, -0.2) is 30.0 Å². The molecule has 29 heavy (non-hydrogen) atoms. The van der Waals surface area contributed by atoms with E-state index in [1.54, 1.807) is 0 Å². The summed E-state index contributed by atoms with van der Waals surface area (Å²) in [5.74, 6) is 0.903. The number of halogens is 3. The van der Waals surface area contributed by atoms with E-state index < -0.39 is 11.9 Å². The highest BCUT2D eigenvalue weighted by atomic mass is 32.1. The highest BCUT2D eigenvalue weighted by molar-refractivity contribution is 7.13. The van der Waals surface area contributed by atoms with E-state index in [1.165, 1.54) is 30.9 Å². The molecule has 1 amide bonds. The molecule has 3 fully saturated rings. The predicted molar refractivity (Wildman–Crippen MR) is 105 cm³/mol. The van der Waals surface area contributed by atoms with Crippen LogP contribution < -0.4 is 10.2 Å². The molecule has 154 valence electrons. The average Bonchev–Trinajstić information content (AvgIpc) is 3.53. The number of nitrogens with one attached hydrogen (secondary N) is 1. The second-order valence-electron chi connectivity index (χ2n) is 8.58. The van der Waals surface area contributed by atoms with Gasteiger partial charge in [0.25, 0.3) is 0 Å². The summed E-state index contributed by atoms with van der Waals surface area (Å²) in [6, 6.07) is 8.69. The number of hydrogen-bond acceptors (Lipinski definition) is 4. The van der Waals surface area contributed by atoms with Gasteiger partial charge in [-0.2, -0.15) is 13.2 Å².